The Balaban J connectivity index is 3.17. The predicted octanol–water partition coefficient (Wildman–Crippen LogP) is 0.418. The molecular weight excluding hydrogens is 166 g/mol. The molecule has 0 saturated carbocycles. The van der Waals surface area contributed by atoms with Gasteiger partial charge in [0.25, 0.3) is 0 Å². The lowest BCUT2D eigenvalue weighted by Gasteiger charge is -1.88. The standard InChI is InChI=1S/C6H5NO5/c8-4-2-7(6(11)12)1-3(4)5(9)10/h1-2,8H,(H,9,10)(H,11,12). The maximum absolute atomic E-state index is 10.3. The van der Waals surface area contributed by atoms with Gasteiger partial charge in [-0.2, -0.15) is 0 Å². The summed E-state index contributed by atoms with van der Waals surface area (Å²) in [6, 6.07) is 0. The zero-order valence-corrected chi connectivity index (χ0v) is 5.76. The molecule has 0 amide bonds. The van der Waals surface area contributed by atoms with Crippen LogP contribution in [0.25, 0.3) is 0 Å². The number of rotatable bonds is 1. The Morgan fingerprint density at radius 3 is 2.08 bits per heavy atom. The van der Waals surface area contributed by atoms with Crippen LogP contribution in [0.3, 0.4) is 0 Å². The molecule has 0 atom stereocenters. The van der Waals surface area contributed by atoms with E-state index in [1.165, 1.54) is 0 Å². The molecule has 0 aliphatic rings. The van der Waals surface area contributed by atoms with Gasteiger partial charge in [-0.05, 0) is 0 Å². The number of carboxylic acid groups (broad SMARTS) is 2. The SMILES string of the molecule is O=C(O)c1cn(C(=O)O)cc1O. The van der Waals surface area contributed by atoms with Crippen LogP contribution < -0.4 is 0 Å². The van der Waals surface area contributed by atoms with Gasteiger partial charge in [0.1, 0.15) is 11.3 Å². The second-order valence-corrected chi connectivity index (χ2v) is 2.05. The minimum Gasteiger partial charge on any atom is -0.505 e. The van der Waals surface area contributed by atoms with Crippen molar-refractivity contribution in [2.75, 3.05) is 0 Å². The molecule has 1 heterocycles. The third-order valence-corrected chi connectivity index (χ3v) is 1.26. The second-order valence-electron chi connectivity index (χ2n) is 2.05. The number of nitrogens with zero attached hydrogens (tertiary/aromatic N) is 1. The smallest absolute Gasteiger partial charge is 0.415 e. The van der Waals surface area contributed by atoms with Crippen molar-refractivity contribution in [1.82, 2.24) is 4.57 Å². The van der Waals surface area contributed by atoms with Crippen molar-refractivity contribution in [3.63, 3.8) is 0 Å². The van der Waals surface area contributed by atoms with Crippen LogP contribution in [-0.2, 0) is 0 Å². The molecule has 1 aromatic heterocycles. The van der Waals surface area contributed by atoms with Gasteiger partial charge >= 0.3 is 12.1 Å². The lowest BCUT2D eigenvalue weighted by atomic mass is 10.3. The molecule has 12 heavy (non-hydrogen) atoms. The predicted molar refractivity (Wildman–Crippen MR) is 36.5 cm³/mol. The summed E-state index contributed by atoms with van der Waals surface area (Å²) >= 11 is 0. The van der Waals surface area contributed by atoms with E-state index in [0.29, 0.717) is 4.57 Å². The molecule has 6 nitrogen and oxygen atoms in total. The van der Waals surface area contributed by atoms with Gasteiger partial charge in [-0.3, -0.25) is 4.57 Å². The van der Waals surface area contributed by atoms with Crippen molar-refractivity contribution in [3.05, 3.63) is 18.0 Å². The van der Waals surface area contributed by atoms with Crippen molar-refractivity contribution in [2.24, 2.45) is 0 Å². The van der Waals surface area contributed by atoms with Crippen LogP contribution in [0.4, 0.5) is 4.79 Å². The van der Waals surface area contributed by atoms with E-state index in [-0.39, 0.29) is 0 Å². The lowest BCUT2D eigenvalue weighted by Crippen LogP contribution is -2.04. The third-order valence-electron chi connectivity index (χ3n) is 1.26. The molecule has 1 rings (SSSR count). The molecule has 3 N–H and O–H groups in total. The molecule has 0 fully saturated rings. The van der Waals surface area contributed by atoms with Gasteiger partial charge in [-0.25, -0.2) is 9.59 Å². The first-order chi connectivity index (χ1) is 5.52. The minimum atomic E-state index is -1.37. The van der Waals surface area contributed by atoms with E-state index < -0.39 is 23.4 Å². The molecule has 0 unspecified atom stereocenters. The highest BCUT2D eigenvalue weighted by molar-refractivity contribution is 5.91. The van der Waals surface area contributed by atoms with Gasteiger partial charge in [0.05, 0.1) is 6.20 Å². The Labute approximate surface area is 66.3 Å². The minimum absolute atomic E-state index is 0.433. The average Bonchev–Trinajstić information content (AvgIpc) is 2.30. The van der Waals surface area contributed by atoms with Gasteiger partial charge in [-0.1, -0.05) is 0 Å². The van der Waals surface area contributed by atoms with E-state index in [4.69, 9.17) is 15.3 Å². The Hall–Kier alpha value is -1.98. The van der Waals surface area contributed by atoms with Crippen molar-refractivity contribution < 1.29 is 24.9 Å². The van der Waals surface area contributed by atoms with Gasteiger partial charge in [0.15, 0.2) is 0 Å². The quantitative estimate of drug-likeness (QED) is 0.568. The normalized spacial score (nSPS) is 9.67. The van der Waals surface area contributed by atoms with Crippen molar-refractivity contribution >= 4 is 12.1 Å². The highest BCUT2D eigenvalue weighted by atomic mass is 16.4. The maximum atomic E-state index is 10.3. The van der Waals surface area contributed by atoms with Crippen LogP contribution in [0, 0.1) is 0 Å². The fraction of sp³-hybridized carbons (Fsp3) is 0. The fourth-order valence-corrected chi connectivity index (χ4v) is 0.719. The summed E-state index contributed by atoms with van der Waals surface area (Å²) in [5, 5.41) is 25.6. The number of hydrogen-bond acceptors (Lipinski definition) is 3. The zero-order valence-electron chi connectivity index (χ0n) is 5.76. The maximum Gasteiger partial charge on any atom is 0.415 e. The van der Waals surface area contributed by atoms with Gasteiger partial charge in [0, 0.05) is 6.20 Å². The topological polar surface area (TPSA) is 99.8 Å². The van der Waals surface area contributed by atoms with Crippen molar-refractivity contribution in [3.8, 4) is 5.75 Å². The number of carboxylic acids is 1. The van der Waals surface area contributed by atoms with E-state index >= 15 is 0 Å². The summed E-state index contributed by atoms with van der Waals surface area (Å²) in [5.74, 6) is -1.93. The first-order valence-corrected chi connectivity index (χ1v) is 2.90. The molecule has 1 aromatic rings. The van der Waals surface area contributed by atoms with Crippen LogP contribution in [0.1, 0.15) is 10.4 Å². The van der Waals surface area contributed by atoms with E-state index in [9.17, 15) is 9.59 Å². The number of aromatic hydroxyl groups is 1. The van der Waals surface area contributed by atoms with E-state index in [2.05, 4.69) is 0 Å². The van der Waals surface area contributed by atoms with E-state index in [1.807, 2.05) is 0 Å². The average molecular weight is 171 g/mol. The Bertz CT molecular complexity index is 340. The lowest BCUT2D eigenvalue weighted by molar-refractivity contribution is 0.0694. The monoisotopic (exact) mass is 171 g/mol. The second kappa shape index (κ2) is 2.57. The summed E-state index contributed by atoms with van der Waals surface area (Å²) in [4.78, 5) is 20.5. The Kier molecular flexibility index (Phi) is 1.74. The summed E-state index contributed by atoms with van der Waals surface area (Å²) in [6.45, 7) is 0. The molecular formula is C6H5NO5. The highest BCUT2D eigenvalue weighted by Gasteiger charge is 2.14. The number of aromatic nitrogens is 1. The third kappa shape index (κ3) is 1.22. The van der Waals surface area contributed by atoms with Gasteiger partial charge in [-0.15, -0.1) is 0 Å². The molecule has 0 bridgehead atoms. The highest BCUT2D eigenvalue weighted by Crippen LogP contribution is 2.17. The number of aromatic carboxylic acids is 1. The molecule has 0 aliphatic carbocycles. The summed E-state index contributed by atoms with van der Waals surface area (Å²) in [5.41, 5.74) is -0.433. The molecule has 6 heteroatoms. The molecule has 0 aliphatic heterocycles. The summed E-state index contributed by atoms with van der Waals surface area (Å²) in [6.07, 6.45) is 0.281. The van der Waals surface area contributed by atoms with Gasteiger partial charge < -0.3 is 15.3 Å². The molecule has 64 valence electrons. The Morgan fingerprint density at radius 2 is 1.83 bits per heavy atom. The summed E-state index contributed by atoms with van der Waals surface area (Å²) in [7, 11) is 0. The molecule has 0 aromatic carbocycles. The molecule has 0 radical (unpaired) electrons. The van der Waals surface area contributed by atoms with Crippen molar-refractivity contribution in [2.45, 2.75) is 0 Å². The molecule has 0 saturated heterocycles. The van der Waals surface area contributed by atoms with Crippen LogP contribution in [-0.4, -0.2) is 31.9 Å². The molecule has 0 spiro atoms. The van der Waals surface area contributed by atoms with E-state index in [1.54, 1.807) is 0 Å². The summed E-state index contributed by atoms with van der Waals surface area (Å²) < 4.78 is 0.568. The van der Waals surface area contributed by atoms with Crippen LogP contribution >= 0.6 is 0 Å². The first kappa shape index (κ1) is 8.12. The number of hydrogen-bond donors (Lipinski definition) is 3. The van der Waals surface area contributed by atoms with E-state index in [0.717, 1.165) is 12.4 Å². The largest absolute Gasteiger partial charge is 0.505 e. The Morgan fingerprint density at radius 1 is 1.25 bits per heavy atom. The van der Waals surface area contributed by atoms with Crippen molar-refractivity contribution in [1.29, 1.82) is 0 Å². The number of carbonyl (C=O) groups is 2. The zero-order chi connectivity index (χ0) is 9.30. The van der Waals surface area contributed by atoms with Crippen LogP contribution in [0.5, 0.6) is 5.75 Å². The van der Waals surface area contributed by atoms with Crippen LogP contribution in [0.15, 0.2) is 12.4 Å². The fourth-order valence-electron chi connectivity index (χ4n) is 0.719. The first-order valence-electron chi connectivity index (χ1n) is 2.90. The van der Waals surface area contributed by atoms with Crippen LogP contribution in [0.2, 0.25) is 0 Å². The van der Waals surface area contributed by atoms with Gasteiger partial charge in [0.2, 0.25) is 0 Å².